The van der Waals surface area contributed by atoms with Crippen LogP contribution in [0.25, 0.3) is 0 Å². The highest BCUT2D eigenvalue weighted by Crippen LogP contribution is 2.24. The molecule has 0 unspecified atom stereocenters. The lowest BCUT2D eigenvalue weighted by Crippen LogP contribution is -2.23. The normalized spacial score (nSPS) is 31.7. The van der Waals surface area contributed by atoms with Crippen LogP contribution in [0.4, 0.5) is 0 Å². The topological polar surface area (TPSA) is 35.2 Å². The third-order valence-corrected chi connectivity index (χ3v) is 2.46. The van der Waals surface area contributed by atoms with Gasteiger partial charge in [0.15, 0.2) is 0 Å². The summed E-state index contributed by atoms with van der Waals surface area (Å²) >= 11 is 0. The van der Waals surface area contributed by atoms with Crippen molar-refractivity contribution in [2.24, 2.45) is 11.7 Å². The summed E-state index contributed by atoms with van der Waals surface area (Å²) in [6, 6.07) is 0. The van der Waals surface area contributed by atoms with Crippen molar-refractivity contribution in [3.8, 4) is 0 Å². The van der Waals surface area contributed by atoms with Crippen molar-refractivity contribution in [3.05, 3.63) is 11.6 Å². The molecule has 1 aliphatic rings. The molecule has 0 saturated heterocycles. The summed E-state index contributed by atoms with van der Waals surface area (Å²) in [5.74, 6) is 0.610. The summed E-state index contributed by atoms with van der Waals surface area (Å²) in [5.41, 5.74) is 6.96. The van der Waals surface area contributed by atoms with Gasteiger partial charge in [-0.05, 0) is 18.8 Å². The molecule has 0 heterocycles. The molecule has 0 aromatic rings. The highest BCUT2D eigenvalue weighted by Gasteiger charge is 2.18. The van der Waals surface area contributed by atoms with E-state index in [2.05, 4.69) is 13.0 Å². The zero-order valence-electron chi connectivity index (χ0n) is 7.34. The largest absolute Gasteiger partial charge is 0.381 e. The van der Waals surface area contributed by atoms with E-state index in [0.29, 0.717) is 18.6 Å². The van der Waals surface area contributed by atoms with E-state index < -0.39 is 0 Å². The van der Waals surface area contributed by atoms with Crippen LogP contribution in [0, 0.1) is 5.92 Å². The van der Waals surface area contributed by atoms with E-state index >= 15 is 0 Å². The number of nitrogens with two attached hydrogens (primary N) is 1. The van der Waals surface area contributed by atoms with E-state index in [1.807, 2.05) is 0 Å². The standard InChI is InChI=1S/C9H17NO/c1-7-5-9(11-2)4-3-8(7)6-10/h3,7,9H,4-6,10H2,1-2H3/t7-,9+/m0/s1. The molecule has 0 aromatic heterocycles. The van der Waals surface area contributed by atoms with Crippen LogP contribution in [0.5, 0.6) is 0 Å². The van der Waals surface area contributed by atoms with Crippen LogP contribution in [0.3, 0.4) is 0 Å². The van der Waals surface area contributed by atoms with Gasteiger partial charge in [0, 0.05) is 13.7 Å². The lowest BCUT2D eigenvalue weighted by atomic mass is 9.87. The number of hydrogen-bond donors (Lipinski definition) is 1. The first-order valence-electron chi connectivity index (χ1n) is 4.19. The minimum absolute atomic E-state index is 0.417. The molecule has 0 saturated carbocycles. The Hall–Kier alpha value is -0.340. The fourth-order valence-electron chi connectivity index (χ4n) is 1.60. The van der Waals surface area contributed by atoms with Crippen LogP contribution in [-0.4, -0.2) is 19.8 Å². The minimum atomic E-state index is 0.417. The third-order valence-electron chi connectivity index (χ3n) is 2.46. The molecular formula is C9H17NO. The van der Waals surface area contributed by atoms with Crippen LogP contribution < -0.4 is 5.73 Å². The molecule has 0 aliphatic heterocycles. The maximum Gasteiger partial charge on any atom is 0.0611 e. The van der Waals surface area contributed by atoms with E-state index in [-0.39, 0.29) is 0 Å². The fraction of sp³-hybridized carbons (Fsp3) is 0.778. The van der Waals surface area contributed by atoms with Gasteiger partial charge in [0.1, 0.15) is 0 Å². The van der Waals surface area contributed by atoms with Crippen molar-refractivity contribution in [1.29, 1.82) is 0 Å². The van der Waals surface area contributed by atoms with Crippen LogP contribution >= 0.6 is 0 Å². The smallest absolute Gasteiger partial charge is 0.0611 e. The Kier molecular flexibility index (Phi) is 3.09. The van der Waals surface area contributed by atoms with Crippen molar-refractivity contribution in [3.63, 3.8) is 0 Å². The molecule has 1 aliphatic carbocycles. The zero-order chi connectivity index (χ0) is 8.27. The quantitative estimate of drug-likeness (QED) is 0.610. The number of hydrogen-bond acceptors (Lipinski definition) is 2. The van der Waals surface area contributed by atoms with Crippen LogP contribution in [0.2, 0.25) is 0 Å². The molecule has 0 aromatic carbocycles. The molecule has 0 fully saturated rings. The van der Waals surface area contributed by atoms with Gasteiger partial charge >= 0.3 is 0 Å². The molecule has 0 spiro atoms. The van der Waals surface area contributed by atoms with Crippen molar-refractivity contribution in [2.45, 2.75) is 25.9 Å². The van der Waals surface area contributed by atoms with Gasteiger partial charge in [-0.15, -0.1) is 0 Å². The second kappa shape index (κ2) is 3.88. The monoisotopic (exact) mass is 155 g/mol. The summed E-state index contributed by atoms with van der Waals surface area (Å²) in [7, 11) is 1.78. The van der Waals surface area contributed by atoms with E-state index in [1.54, 1.807) is 7.11 Å². The Morgan fingerprint density at radius 1 is 1.73 bits per heavy atom. The molecule has 2 nitrogen and oxygen atoms in total. The summed E-state index contributed by atoms with van der Waals surface area (Å²) in [6.45, 7) is 2.92. The Labute approximate surface area is 68.4 Å². The molecule has 0 bridgehead atoms. The Morgan fingerprint density at radius 2 is 2.45 bits per heavy atom. The van der Waals surface area contributed by atoms with Crippen LogP contribution in [0.1, 0.15) is 19.8 Å². The first-order valence-corrected chi connectivity index (χ1v) is 4.19. The summed E-state index contributed by atoms with van der Waals surface area (Å²) in [5, 5.41) is 0. The lowest BCUT2D eigenvalue weighted by Gasteiger charge is -2.25. The Bertz CT molecular complexity index is 154. The Morgan fingerprint density at radius 3 is 2.91 bits per heavy atom. The average Bonchev–Trinajstić information content (AvgIpc) is 2.04. The SMILES string of the molecule is CO[C@@H]1CC=C(CN)[C@@H](C)C1. The average molecular weight is 155 g/mol. The molecule has 0 amide bonds. The first kappa shape index (κ1) is 8.75. The summed E-state index contributed by atoms with van der Waals surface area (Å²) < 4.78 is 5.27. The first-order chi connectivity index (χ1) is 5.27. The molecule has 2 N–H and O–H groups in total. The highest BCUT2D eigenvalue weighted by molar-refractivity contribution is 5.11. The Balaban J connectivity index is 2.53. The van der Waals surface area contributed by atoms with E-state index in [1.165, 1.54) is 5.57 Å². The number of rotatable bonds is 2. The van der Waals surface area contributed by atoms with E-state index in [4.69, 9.17) is 10.5 Å². The van der Waals surface area contributed by atoms with Crippen LogP contribution in [-0.2, 0) is 4.74 Å². The molecule has 64 valence electrons. The van der Waals surface area contributed by atoms with Gasteiger partial charge < -0.3 is 10.5 Å². The molecule has 0 radical (unpaired) electrons. The van der Waals surface area contributed by atoms with Crippen molar-refractivity contribution in [1.82, 2.24) is 0 Å². The van der Waals surface area contributed by atoms with E-state index in [9.17, 15) is 0 Å². The molecule has 11 heavy (non-hydrogen) atoms. The van der Waals surface area contributed by atoms with Gasteiger partial charge in [-0.1, -0.05) is 18.6 Å². The van der Waals surface area contributed by atoms with Gasteiger partial charge in [0.05, 0.1) is 6.10 Å². The van der Waals surface area contributed by atoms with Gasteiger partial charge in [-0.3, -0.25) is 0 Å². The van der Waals surface area contributed by atoms with Crippen molar-refractivity contribution in [2.75, 3.05) is 13.7 Å². The lowest BCUT2D eigenvalue weighted by molar-refractivity contribution is 0.0831. The van der Waals surface area contributed by atoms with Gasteiger partial charge in [0.25, 0.3) is 0 Å². The number of methoxy groups -OCH3 is 1. The predicted octanol–water partition coefficient (Wildman–Crippen LogP) is 1.32. The van der Waals surface area contributed by atoms with Gasteiger partial charge in [-0.25, -0.2) is 0 Å². The predicted molar refractivity (Wildman–Crippen MR) is 46.3 cm³/mol. The summed E-state index contributed by atoms with van der Waals surface area (Å²) in [4.78, 5) is 0. The zero-order valence-corrected chi connectivity index (χ0v) is 7.34. The number of ether oxygens (including phenoxy) is 1. The van der Waals surface area contributed by atoms with Gasteiger partial charge in [-0.2, -0.15) is 0 Å². The fourth-order valence-corrected chi connectivity index (χ4v) is 1.60. The second-order valence-corrected chi connectivity index (χ2v) is 3.21. The maximum absolute atomic E-state index is 5.57. The molecule has 1 rings (SSSR count). The van der Waals surface area contributed by atoms with E-state index in [0.717, 1.165) is 12.8 Å². The molecule has 2 heteroatoms. The third kappa shape index (κ3) is 2.04. The second-order valence-electron chi connectivity index (χ2n) is 3.21. The maximum atomic E-state index is 5.57. The van der Waals surface area contributed by atoms with Crippen LogP contribution in [0.15, 0.2) is 11.6 Å². The summed E-state index contributed by atoms with van der Waals surface area (Å²) in [6.07, 6.45) is 4.80. The van der Waals surface area contributed by atoms with Crippen molar-refractivity contribution < 1.29 is 4.74 Å². The highest BCUT2D eigenvalue weighted by atomic mass is 16.5. The molecular weight excluding hydrogens is 138 g/mol. The van der Waals surface area contributed by atoms with Crippen molar-refractivity contribution >= 4 is 0 Å². The minimum Gasteiger partial charge on any atom is -0.381 e. The van der Waals surface area contributed by atoms with Gasteiger partial charge in [0.2, 0.25) is 0 Å². The molecule has 2 atom stereocenters.